The summed E-state index contributed by atoms with van der Waals surface area (Å²) in [6.45, 7) is 3.98. The molecule has 1 aromatic carbocycles. The SMILES string of the molecule is CC(C)n1c(Cc2ccc(F)cc2)nnc1SCC(=O)O. The standard InChI is InChI=1S/C14H16FN3O2S/c1-9(2)18-12(7-10-3-5-11(15)6-4-10)16-17-14(18)21-8-13(19)20/h3-6,9H,7-8H2,1-2H3,(H,19,20). The maximum atomic E-state index is 12.9. The van der Waals surface area contributed by atoms with E-state index in [1.54, 1.807) is 12.1 Å². The molecule has 2 rings (SSSR count). The molecule has 0 amide bonds. The number of benzene rings is 1. The van der Waals surface area contributed by atoms with Gasteiger partial charge in [0.05, 0.1) is 5.75 Å². The molecule has 0 radical (unpaired) electrons. The second kappa shape index (κ2) is 6.71. The maximum absolute atomic E-state index is 12.9. The highest BCUT2D eigenvalue weighted by molar-refractivity contribution is 7.99. The summed E-state index contributed by atoms with van der Waals surface area (Å²) in [5.74, 6) is -0.480. The first-order valence-electron chi connectivity index (χ1n) is 6.50. The van der Waals surface area contributed by atoms with Crippen LogP contribution in [0.2, 0.25) is 0 Å². The van der Waals surface area contributed by atoms with Gasteiger partial charge in [-0.2, -0.15) is 0 Å². The van der Waals surface area contributed by atoms with E-state index in [2.05, 4.69) is 10.2 Å². The van der Waals surface area contributed by atoms with Gasteiger partial charge in [0.2, 0.25) is 0 Å². The van der Waals surface area contributed by atoms with Crippen molar-refractivity contribution in [1.29, 1.82) is 0 Å². The first-order chi connectivity index (χ1) is 9.97. The van der Waals surface area contributed by atoms with E-state index >= 15 is 0 Å². The normalized spacial score (nSPS) is 11.0. The molecule has 2 aromatic rings. The zero-order chi connectivity index (χ0) is 15.4. The maximum Gasteiger partial charge on any atom is 0.313 e. The first-order valence-corrected chi connectivity index (χ1v) is 7.48. The minimum absolute atomic E-state index is 0.0542. The lowest BCUT2D eigenvalue weighted by Crippen LogP contribution is -2.09. The smallest absolute Gasteiger partial charge is 0.313 e. The van der Waals surface area contributed by atoms with Crippen molar-refractivity contribution in [3.63, 3.8) is 0 Å². The number of carboxylic acids is 1. The van der Waals surface area contributed by atoms with Crippen LogP contribution in [0.1, 0.15) is 31.3 Å². The molecule has 0 aliphatic carbocycles. The van der Waals surface area contributed by atoms with Gasteiger partial charge < -0.3 is 9.67 Å². The predicted molar refractivity (Wildman–Crippen MR) is 78.0 cm³/mol. The summed E-state index contributed by atoms with van der Waals surface area (Å²) >= 11 is 1.15. The number of carbonyl (C=O) groups is 1. The van der Waals surface area contributed by atoms with Crippen LogP contribution < -0.4 is 0 Å². The largest absolute Gasteiger partial charge is 0.481 e. The second-order valence-electron chi connectivity index (χ2n) is 4.85. The molecule has 7 heteroatoms. The van der Waals surface area contributed by atoms with Crippen molar-refractivity contribution in [3.8, 4) is 0 Å². The Hall–Kier alpha value is -1.89. The van der Waals surface area contributed by atoms with Crippen molar-refractivity contribution in [3.05, 3.63) is 41.5 Å². The first kappa shape index (κ1) is 15.5. The number of aromatic nitrogens is 3. The zero-order valence-corrected chi connectivity index (χ0v) is 12.6. The molecule has 0 fully saturated rings. The lowest BCUT2D eigenvalue weighted by Gasteiger charge is -2.13. The molecule has 1 aromatic heterocycles. The molecule has 0 saturated carbocycles. The highest BCUT2D eigenvalue weighted by Gasteiger charge is 2.16. The Kier molecular flexibility index (Phi) is 4.95. The van der Waals surface area contributed by atoms with Crippen molar-refractivity contribution >= 4 is 17.7 Å². The van der Waals surface area contributed by atoms with Crippen LogP contribution in [0.4, 0.5) is 4.39 Å². The molecule has 1 heterocycles. The van der Waals surface area contributed by atoms with E-state index in [1.807, 2.05) is 18.4 Å². The number of thioether (sulfide) groups is 1. The Labute approximate surface area is 126 Å². The molecule has 5 nitrogen and oxygen atoms in total. The van der Waals surface area contributed by atoms with Gasteiger partial charge in [0.1, 0.15) is 11.6 Å². The molecule has 112 valence electrons. The summed E-state index contributed by atoms with van der Waals surface area (Å²) in [7, 11) is 0. The number of nitrogens with zero attached hydrogens (tertiary/aromatic N) is 3. The number of halogens is 1. The lowest BCUT2D eigenvalue weighted by atomic mass is 10.1. The van der Waals surface area contributed by atoms with Crippen LogP contribution in [-0.4, -0.2) is 31.6 Å². The van der Waals surface area contributed by atoms with E-state index < -0.39 is 5.97 Å². The van der Waals surface area contributed by atoms with E-state index in [0.29, 0.717) is 11.6 Å². The van der Waals surface area contributed by atoms with Crippen molar-refractivity contribution in [1.82, 2.24) is 14.8 Å². The average Bonchev–Trinajstić information content (AvgIpc) is 2.82. The van der Waals surface area contributed by atoms with Crippen LogP contribution in [0.3, 0.4) is 0 Å². The monoisotopic (exact) mass is 309 g/mol. The summed E-state index contributed by atoms with van der Waals surface area (Å²) in [6.07, 6.45) is 0.527. The molecule has 0 aliphatic rings. The predicted octanol–water partition coefficient (Wildman–Crippen LogP) is 2.77. The van der Waals surface area contributed by atoms with Crippen LogP contribution in [0.5, 0.6) is 0 Å². The number of carboxylic acid groups (broad SMARTS) is 1. The molecule has 0 spiro atoms. The van der Waals surface area contributed by atoms with Crippen LogP contribution in [0.25, 0.3) is 0 Å². The quantitative estimate of drug-likeness (QED) is 0.831. The van der Waals surface area contributed by atoms with Gasteiger partial charge in [0.15, 0.2) is 5.16 Å². The molecule has 0 atom stereocenters. The molecule has 21 heavy (non-hydrogen) atoms. The molecule has 1 N–H and O–H groups in total. The molecule has 0 saturated heterocycles. The minimum Gasteiger partial charge on any atom is -0.481 e. The van der Waals surface area contributed by atoms with Gasteiger partial charge in [0.25, 0.3) is 0 Å². The summed E-state index contributed by atoms with van der Waals surface area (Å²) < 4.78 is 14.8. The summed E-state index contributed by atoms with van der Waals surface area (Å²) in [4.78, 5) is 10.7. The summed E-state index contributed by atoms with van der Waals surface area (Å²) in [6, 6.07) is 6.35. The van der Waals surface area contributed by atoms with E-state index in [9.17, 15) is 9.18 Å². The van der Waals surface area contributed by atoms with Gasteiger partial charge >= 0.3 is 5.97 Å². The zero-order valence-electron chi connectivity index (χ0n) is 11.8. The third kappa shape index (κ3) is 4.04. The fourth-order valence-electron chi connectivity index (χ4n) is 1.96. The van der Waals surface area contributed by atoms with Gasteiger partial charge in [-0.25, -0.2) is 4.39 Å². The number of aliphatic carboxylic acids is 1. The Morgan fingerprint density at radius 2 is 2.00 bits per heavy atom. The third-order valence-corrected chi connectivity index (χ3v) is 3.78. The van der Waals surface area contributed by atoms with Crippen LogP contribution >= 0.6 is 11.8 Å². The summed E-state index contributed by atoms with van der Waals surface area (Å²) in [5.41, 5.74) is 0.931. The van der Waals surface area contributed by atoms with Crippen molar-refractivity contribution in [2.75, 3.05) is 5.75 Å². The molecule has 0 bridgehead atoms. The molecule has 0 unspecified atom stereocenters. The number of rotatable bonds is 6. The van der Waals surface area contributed by atoms with Gasteiger partial charge in [-0.1, -0.05) is 23.9 Å². The van der Waals surface area contributed by atoms with Gasteiger partial charge in [-0.05, 0) is 31.5 Å². The van der Waals surface area contributed by atoms with Gasteiger partial charge in [-0.15, -0.1) is 10.2 Å². The topological polar surface area (TPSA) is 68.0 Å². The Morgan fingerprint density at radius 1 is 1.33 bits per heavy atom. The van der Waals surface area contributed by atoms with E-state index in [1.165, 1.54) is 12.1 Å². The third-order valence-electron chi connectivity index (χ3n) is 2.85. The van der Waals surface area contributed by atoms with Gasteiger partial charge in [-0.3, -0.25) is 4.79 Å². The van der Waals surface area contributed by atoms with E-state index in [-0.39, 0.29) is 17.6 Å². The lowest BCUT2D eigenvalue weighted by molar-refractivity contribution is -0.133. The Balaban J connectivity index is 2.22. The molecule has 0 aliphatic heterocycles. The Morgan fingerprint density at radius 3 is 2.57 bits per heavy atom. The molecular formula is C14H16FN3O2S. The van der Waals surface area contributed by atoms with E-state index in [0.717, 1.165) is 23.1 Å². The van der Waals surface area contributed by atoms with Crippen LogP contribution in [0, 0.1) is 5.82 Å². The summed E-state index contributed by atoms with van der Waals surface area (Å²) in [5, 5.41) is 17.5. The van der Waals surface area contributed by atoms with Gasteiger partial charge in [0, 0.05) is 12.5 Å². The Bertz CT molecular complexity index is 626. The van der Waals surface area contributed by atoms with Crippen molar-refractivity contribution in [2.24, 2.45) is 0 Å². The second-order valence-corrected chi connectivity index (χ2v) is 5.79. The highest BCUT2D eigenvalue weighted by atomic mass is 32.2. The number of hydrogen-bond acceptors (Lipinski definition) is 4. The van der Waals surface area contributed by atoms with E-state index in [4.69, 9.17) is 5.11 Å². The highest BCUT2D eigenvalue weighted by Crippen LogP contribution is 2.23. The minimum atomic E-state index is -0.890. The fourth-order valence-corrected chi connectivity index (χ4v) is 2.76. The van der Waals surface area contributed by atoms with Crippen LogP contribution in [0.15, 0.2) is 29.4 Å². The number of hydrogen-bond donors (Lipinski definition) is 1. The van der Waals surface area contributed by atoms with Crippen molar-refractivity contribution in [2.45, 2.75) is 31.5 Å². The fraction of sp³-hybridized carbons (Fsp3) is 0.357. The van der Waals surface area contributed by atoms with Crippen molar-refractivity contribution < 1.29 is 14.3 Å². The molecular weight excluding hydrogens is 293 g/mol. The average molecular weight is 309 g/mol. The van der Waals surface area contributed by atoms with Crippen LogP contribution in [-0.2, 0) is 11.2 Å².